The van der Waals surface area contributed by atoms with Crippen molar-refractivity contribution in [2.24, 2.45) is 11.8 Å². The molecule has 56 heavy (non-hydrogen) atoms. The molecule has 0 aliphatic heterocycles. The van der Waals surface area contributed by atoms with Crippen molar-refractivity contribution in [2.75, 3.05) is 46.6 Å². The molecule has 0 aromatic rings. The molecule has 0 bridgehead atoms. The number of hydrogen-bond acceptors (Lipinski definition) is 6. The van der Waals surface area contributed by atoms with Crippen LogP contribution in [-0.4, -0.2) is 79.2 Å². The molecule has 0 aliphatic rings. The van der Waals surface area contributed by atoms with Crippen molar-refractivity contribution in [3.8, 4) is 0 Å². The van der Waals surface area contributed by atoms with Gasteiger partial charge in [0.1, 0.15) is 6.04 Å². The Labute approximate surface area is 365 Å². The zero-order chi connectivity index (χ0) is 40.7. The lowest BCUT2D eigenvalue weighted by atomic mass is 9.94. The summed E-state index contributed by atoms with van der Waals surface area (Å²) in [5.41, 5.74) is 0. The Bertz CT molecular complexity index is 782. The van der Waals surface area contributed by atoms with E-state index >= 15 is 0 Å². The van der Waals surface area contributed by atoms with Crippen LogP contribution in [0.5, 0.6) is 0 Å². The van der Waals surface area contributed by atoms with E-state index in [1.807, 2.05) is 0 Å². The lowest BCUT2D eigenvalue weighted by molar-refractivity contribution is -0.934. The Morgan fingerprint density at radius 3 is 1.02 bits per heavy atom. The maximum Gasteiger partial charge on any atom is 0.308 e. The van der Waals surface area contributed by atoms with Crippen molar-refractivity contribution in [2.45, 2.75) is 239 Å². The summed E-state index contributed by atoms with van der Waals surface area (Å²) in [6, 6.07) is -0.177. The van der Waals surface area contributed by atoms with Crippen molar-refractivity contribution < 1.29 is 57.7 Å². The van der Waals surface area contributed by atoms with Crippen LogP contribution in [0.4, 0.5) is 0 Å². The normalized spacial score (nSPS) is 13.6. The van der Waals surface area contributed by atoms with E-state index in [1.54, 1.807) is 0 Å². The molecule has 0 aliphatic carbocycles. The van der Waals surface area contributed by atoms with Crippen molar-refractivity contribution in [1.29, 1.82) is 0 Å². The van der Waals surface area contributed by atoms with Crippen LogP contribution >= 0.6 is 0 Å². The Morgan fingerprint density at radius 1 is 0.429 bits per heavy atom. The number of rotatable bonds is 43. The maximum atomic E-state index is 13.0. The zero-order valence-electron chi connectivity index (χ0n) is 38.0. The highest BCUT2D eigenvalue weighted by molar-refractivity contribution is 5.72. The molecule has 0 aromatic carbocycles. The molecule has 0 rings (SSSR count). The smallest absolute Gasteiger partial charge is 0.308 e. The van der Waals surface area contributed by atoms with Crippen molar-refractivity contribution in [3.05, 3.63) is 0 Å². The summed E-state index contributed by atoms with van der Waals surface area (Å²) >= 11 is 0. The SMILES string of the molecule is CCCCCCCCC(CCCCCC)C(=O)OCCCCCC[N+](C)(CCCCCCOC(=O)C(CCCCCC)CCCCCCCC)C(CO)CO.[I-]. The van der Waals surface area contributed by atoms with E-state index in [-0.39, 0.29) is 67.0 Å². The minimum absolute atomic E-state index is 0. The van der Waals surface area contributed by atoms with E-state index in [0.717, 1.165) is 116 Å². The molecular weight excluding hydrogens is 813 g/mol. The standard InChI is InChI=1S/C48H96NO6.HI/c1-6-10-14-18-20-28-36-44(34-26-16-12-8-3)47(52)54-40-32-24-22-30-38-49(5,46(42-50)43-51)39-31-23-25-33-41-55-48(53)45(35-27-17-13-9-4)37-29-21-19-15-11-7-2;/h44-46,50-51H,6-43H2,1-5H3;1H/q+1;/p-1. The van der Waals surface area contributed by atoms with E-state index in [0.29, 0.717) is 17.7 Å². The Kier molecular flexibility index (Phi) is 43.9. The number of halogens is 1. The first-order valence-electron chi connectivity index (χ1n) is 24.2. The lowest BCUT2D eigenvalue weighted by Crippen LogP contribution is -3.00. The van der Waals surface area contributed by atoms with Crippen molar-refractivity contribution >= 4 is 11.9 Å². The Balaban J connectivity index is 0. The highest BCUT2D eigenvalue weighted by atomic mass is 127. The topological polar surface area (TPSA) is 93.1 Å². The molecule has 0 heterocycles. The van der Waals surface area contributed by atoms with Gasteiger partial charge in [-0.1, -0.05) is 156 Å². The van der Waals surface area contributed by atoms with E-state index in [2.05, 4.69) is 34.7 Å². The quantitative estimate of drug-likeness (QED) is 0.0274. The molecular formula is C48H96INO6. The number of aliphatic hydroxyl groups is 2. The van der Waals surface area contributed by atoms with Crippen LogP contribution in [0.3, 0.4) is 0 Å². The van der Waals surface area contributed by atoms with Gasteiger partial charge in [0.15, 0.2) is 0 Å². The predicted octanol–water partition coefficient (Wildman–Crippen LogP) is 9.67. The average molecular weight is 910 g/mol. The summed E-state index contributed by atoms with van der Waals surface area (Å²) in [4.78, 5) is 26.0. The molecule has 0 saturated heterocycles. The van der Waals surface area contributed by atoms with E-state index in [4.69, 9.17) is 9.47 Å². The van der Waals surface area contributed by atoms with Crippen molar-refractivity contribution in [1.82, 2.24) is 0 Å². The highest BCUT2D eigenvalue weighted by Crippen LogP contribution is 2.23. The third-order valence-corrected chi connectivity index (χ3v) is 12.2. The number of unbranched alkanes of at least 4 members (excludes halogenated alkanes) is 22. The number of esters is 2. The summed E-state index contributed by atoms with van der Waals surface area (Å²) in [5.74, 6) is 0.155. The molecule has 8 heteroatoms. The first-order chi connectivity index (χ1) is 26.8. The average Bonchev–Trinajstić information content (AvgIpc) is 3.18. The fourth-order valence-electron chi connectivity index (χ4n) is 8.10. The molecule has 2 atom stereocenters. The van der Waals surface area contributed by atoms with Crippen LogP contribution < -0.4 is 24.0 Å². The minimum Gasteiger partial charge on any atom is -1.00 e. The number of carbonyl (C=O) groups excluding carboxylic acids is 2. The number of nitrogens with zero attached hydrogens (tertiary/aromatic N) is 1. The van der Waals surface area contributed by atoms with Gasteiger partial charge in [0.25, 0.3) is 0 Å². The second-order valence-corrected chi connectivity index (χ2v) is 17.3. The van der Waals surface area contributed by atoms with Gasteiger partial charge in [0.05, 0.1) is 58.4 Å². The Hall–Kier alpha value is -0.450. The summed E-state index contributed by atoms with van der Waals surface area (Å²) in [5, 5.41) is 20.2. The predicted molar refractivity (Wildman–Crippen MR) is 233 cm³/mol. The second-order valence-electron chi connectivity index (χ2n) is 17.3. The number of ether oxygens (including phenoxy) is 2. The first-order valence-corrected chi connectivity index (χ1v) is 24.2. The summed E-state index contributed by atoms with van der Waals surface area (Å²) < 4.78 is 12.3. The fraction of sp³-hybridized carbons (Fsp3) is 0.958. The number of likely N-dealkylation sites (N-methyl/N-ethyl adjacent to an activating group) is 1. The molecule has 0 aromatic heterocycles. The molecule has 0 radical (unpaired) electrons. The van der Waals surface area contributed by atoms with E-state index < -0.39 is 0 Å². The summed E-state index contributed by atoms with van der Waals surface area (Å²) in [6.45, 7) is 11.8. The number of hydrogen-bond donors (Lipinski definition) is 2. The number of carbonyl (C=O) groups is 2. The largest absolute Gasteiger partial charge is 1.00 e. The maximum absolute atomic E-state index is 13.0. The van der Waals surface area contributed by atoms with Crippen LogP contribution in [0.15, 0.2) is 0 Å². The monoisotopic (exact) mass is 910 g/mol. The summed E-state index contributed by atoms with van der Waals surface area (Å²) in [7, 11) is 2.18. The highest BCUT2D eigenvalue weighted by Gasteiger charge is 2.31. The molecule has 0 fully saturated rings. The van der Waals surface area contributed by atoms with Gasteiger partial charge in [0.2, 0.25) is 0 Å². The van der Waals surface area contributed by atoms with Crippen LogP contribution in [0, 0.1) is 11.8 Å². The lowest BCUT2D eigenvalue weighted by Gasteiger charge is -2.40. The number of quaternary nitrogens is 1. The molecule has 0 spiro atoms. The minimum atomic E-state index is -0.177. The van der Waals surface area contributed by atoms with Crippen LogP contribution in [0.2, 0.25) is 0 Å². The van der Waals surface area contributed by atoms with Gasteiger partial charge in [0, 0.05) is 0 Å². The molecule has 7 nitrogen and oxygen atoms in total. The van der Waals surface area contributed by atoms with Gasteiger partial charge in [-0.25, -0.2) is 0 Å². The molecule has 2 N–H and O–H groups in total. The number of aliphatic hydroxyl groups excluding tert-OH is 2. The summed E-state index contributed by atoms with van der Waals surface area (Å²) in [6.07, 6.45) is 36.4. The molecule has 2 unspecified atom stereocenters. The Morgan fingerprint density at radius 2 is 0.696 bits per heavy atom. The molecule has 0 saturated carbocycles. The molecule has 0 amide bonds. The van der Waals surface area contributed by atoms with Crippen LogP contribution in [0.1, 0.15) is 233 Å². The van der Waals surface area contributed by atoms with Gasteiger partial charge in [-0.05, 0) is 77.0 Å². The van der Waals surface area contributed by atoms with Gasteiger partial charge in [-0.15, -0.1) is 0 Å². The van der Waals surface area contributed by atoms with Gasteiger partial charge < -0.3 is 48.1 Å². The first kappa shape index (κ1) is 57.6. The van der Waals surface area contributed by atoms with Gasteiger partial charge >= 0.3 is 11.9 Å². The van der Waals surface area contributed by atoms with Gasteiger partial charge in [-0.3, -0.25) is 9.59 Å². The van der Waals surface area contributed by atoms with E-state index in [1.165, 1.54) is 103 Å². The van der Waals surface area contributed by atoms with Crippen molar-refractivity contribution in [3.63, 3.8) is 0 Å². The third-order valence-electron chi connectivity index (χ3n) is 12.2. The molecule has 336 valence electrons. The van der Waals surface area contributed by atoms with Crippen LogP contribution in [0.25, 0.3) is 0 Å². The fourth-order valence-corrected chi connectivity index (χ4v) is 8.10. The van der Waals surface area contributed by atoms with Gasteiger partial charge in [-0.2, -0.15) is 0 Å². The second kappa shape index (κ2) is 42.7. The zero-order valence-corrected chi connectivity index (χ0v) is 40.1. The third kappa shape index (κ3) is 32.4. The van der Waals surface area contributed by atoms with Crippen LogP contribution in [-0.2, 0) is 19.1 Å². The van der Waals surface area contributed by atoms with E-state index in [9.17, 15) is 19.8 Å².